The van der Waals surface area contributed by atoms with Gasteiger partial charge in [-0.05, 0) is 0 Å². The van der Waals surface area contributed by atoms with Crippen LogP contribution in [0.5, 0.6) is 5.75 Å². The quantitative estimate of drug-likeness (QED) is 0.663. The maximum absolute atomic E-state index is 5.70. The molecule has 0 bridgehead atoms. The highest BCUT2D eigenvalue weighted by molar-refractivity contribution is 5.44. The van der Waals surface area contributed by atoms with Gasteiger partial charge in [0.2, 0.25) is 0 Å². The summed E-state index contributed by atoms with van der Waals surface area (Å²) < 4.78 is 5.70. The molecule has 0 saturated carbocycles. The second-order valence-electron chi connectivity index (χ2n) is 3.44. The zero-order valence-corrected chi connectivity index (χ0v) is 7.71. The van der Waals surface area contributed by atoms with Crippen LogP contribution in [0.15, 0.2) is 41.8 Å². The Balaban J connectivity index is 2.03. The zero-order valence-electron chi connectivity index (χ0n) is 7.71. The highest BCUT2D eigenvalue weighted by Gasteiger charge is 2.18. The second kappa shape index (κ2) is 2.91. The molecule has 14 heavy (non-hydrogen) atoms. The molecule has 0 amide bonds. The van der Waals surface area contributed by atoms with Crippen molar-refractivity contribution in [3.63, 3.8) is 0 Å². The van der Waals surface area contributed by atoms with Gasteiger partial charge in [0.25, 0.3) is 0 Å². The molecule has 0 spiro atoms. The van der Waals surface area contributed by atoms with E-state index in [1.165, 1.54) is 11.1 Å². The fourth-order valence-corrected chi connectivity index (χ4v) is 1.78. The molecule has 1 N–H and O–H groups in total. The van der Waals surface area contributed by atoms with E-state index in [1.807, 2.05) is 12.1 Å². The average Bonchev–Trinajstić information content (AvgIpc) is 2.26. The van der Waals surface area contributed by atoms with E-state index in [2.05, 4.69) is 29.6 Å². The van der Waals surface area contributed by atoms with Gasteiger partial charge < -0.3 is 10.1 Å². The number of hydrogen-bond acceptors (Lipinski definition) is 2. The minimum absolute atomic E-state index is 0.848. The van der Waals surface area contributed by atoms with Crippen molar-refractivity contribution >= 4 is 0 Å². The smallest absolute Gasteiger partial charge is 0.197 e. The molecule has 2 heterocycles. The topological polar surface area (TPSA) is 21.3 Å². The van der Waals surface area contributed by atoms with Crippen molar-refractivity contribution in [1.29, 1.82) is 0 Å². The Hall–Kier alpha value is -1.70. The van der Waals surface area contributed by atoms with Gasteiger partial charge in [0, 0.05) is 30.2 Å². The summed E-state index contributed by atoms with van der Waals surface area (Å²) in [6, 6.07) is 9.05. The molecule has 0 aromatic heterocycles. The van der Waals surface area contributed by atoms with Crippen LogP contribution in [0.25, 0.3) is 0 Å². The van der Waals surface area contributed by atoms with Crippen molar-refractivity contribution in [1.82, 2.24) is 5.32 Å². The third-order valence-electron chi connectivity index (χ3n) is 2.48. The van der Waals surface area contributed by atoms with Crippen molar-refractivity contribution in [3.8, 4) is 5.75 Å². The van der Waals surface area contributed by atoms with Crippen molar-refractivity contribution in [3.05, 3.63) is 53.4 Å². The van der Waals surface area contributed by atoms with Gasteiger partial charge in [-0.15, -0.1) is 0 Å². The fourth-order valence-electron chi connectivity index (χ4n) is 1.78. The van der Waals surface area contributed by atoms with Crippen LogP contribution in [-0.2, 0) is 6.42 Å². The van der Waals surface area contributed by atoms with E-state index >= 15 is 0 Å². The summed E-state index contributed by atoms with van der Waals surface area (Å²) in [5, 5.41) is 3.21. The summed E-state index contributed by atoms with van der Waals surface area (Å²) >= 11 is 0. The number of dihydropyridines is 1. The molecule has 2 nitrogen and oxygen atoms in total. The molecule has 1 aromatic rings. The number of benzene rings is 1. The van der Waals surface area contributed by atoms with Gasteiger partial charge in [-0.2, -0.15) is 0 Å². The number of hydrogen-bond donors (Lipinski definition) is 1. The summed E-state index contributed by atoms with van der Waals surface area (Å²) in [6.07, 6.45) is 5.17. The molecular weight excluding hydrogens is 174 g/mol. The molecule has 0 atom stereocenters. The van der Waals surface area contributed by atoms with Crippen molar-refractivity contribution in [2.24, 2.45) is 0 Å². The van der Waals surface area contributed by atoms with E-state index in [0.717, 1.165) is 24.6 Å². The van der Waals surface area contributed by atoms with Gasteiger partial charge in [-0.3, -0.25) is 0 Å². The third kappa shape index (κ3) is 1.11. The van der Waals surface area contributed by atoms with Gasteiger partial charge in [-0.1, -0.05) is 30.4 Å². The summed E-state index contributed by atoms with van der Waals surface area (Å²) in [6.45, 7) is 0.848. The van der Waals surface area contributed by atoms with Crippen LogP contribution in [0.1, 0.15) is 5.56 Å². The number of ether oxygens (including phenoxy) is 1. The Kier molecular flexibility index (Phi) is 1.60. The number of nitrogens with one attached hydrogen (secondary N) is 1. The first-order valence-corrected chi connectivity index (χ1v) is 4.74. The normalized spacial score (nSPS) is 18.0. The fraction of sp³-hybridized carbons (Fsp3) is 0.167. The average molecular weight is 184 g/mol. The van der Waals surface area contributed by atoms with Crippen LogP contribution >= 0.6 is 0 Å². The van der Waals surface area contributed by atoms with Gasteiger partial charge >= 0.3 is 0 Å². The SMILES string of the molecule is [c]1cccc2c1OC1=C(C=CCN1)C2. The predicted molar refractivity (Wildman–Crippen MR) is 53.8 cm³/mol. The third-order valence-corrected chi connectivity index (χ3v) is 2.48. The summed E-state index contributed by atoms with van der Waals surface area (Å²) in [5.74, 6) is 1.75. The number of para-hydroxylation sites is 1. The molecule has 3 rings (SSSR count). The minimum atomic E-state index is 0.848. The Morgan fingerprint density at radius 1 is 1.43 bits per heavy atom. The second-order valence-corrected chi connectivity index (χ2v) is 3.44. The first-order chi connectivity index (χ1) is 6.93. The molecule has 0 aliphatic carbocycles. The van der Waals surface area contributed by atoms with Crippen LogP contribution in [0.2, 0.25) is 0 Å². The van der Waals surface area contributed by atoms with Crippen molar-refractivity contribution in [2.75, 3.05) is 6.54 Å². The largest absolute Gasteiger partial charge is 0.440 e. The molecule has 1 radical (unpaired) electrons. The first kappa shape index (κ1) is 7.68. The van der Waals surface area contributed by atoms with Crippen LogP contribution in [-0.4, -0.2) is 6.54 Å². The van der Waals surface area contributed by atoms with E-state index in [0.29, 0.717) is 0 Å². The van der Waals surface area contributed by atoms with Gasteiger partial charge in [0.05, 0.1) is 0 Å². The van der Waals surface area contributed by atoms with Gasteiger partial charge in [-0.25, -0.2) is 0 Å². The highest BCUT2D eigenvalue weighted by atomic mass is 16.5. The highest BCUT2D eigenvalue weighted by Crippen LogP contribution is 2.29. The van der Waals surface area contributed by atoms with E-state index < -0.39 is 0 Å². The summed E-state index contributed by atoms with van der Waals surface area (Å²) in [4.78, 5) is 0. The minimum Gasteiger partial charge on any atom is -0.440 e. The van der Waals surface area contributed by atoms with Crippen LogP contribution in [0.4, 0.5) is 0 Å². The molecule has 0 unspecified atom stereocenters. The van der Waals surface area contributed by atoms with Gasteiger partial charge in [0.1, 0.15) is 5.75 Å². The molecule has 0 fully saturated rings. The lowest BCUT2D eigenvalue weighted by atomic mass is 10.0. The van der Waals surface area contributed by atoms with Crippen LogP contribution in [0, 0.1) is 6.07 Å². The lowest BCUT2D eigenvalue weighted by molar-refractivity contribution is 0.363. The molecule has 69 valence electrons. The predicted octanol–water partition coefficient (Wildman–Crippen LogP) is 1.79. The Morgan fingerprint density at radius 3 is 3.43 bits per heavy atom. The molecule has 2 aliphatic heterocycles. The molecule has 0 saturated heterocycles. The summed E-state index contributed by atoms with van der Waals surface area (Å²) in [5.41, 5.74) is 2.43. The molecular formula is C12H10NO. The maximum Gasteiger partial charge on any atom is 0.197 e. The van der Waals surface area contributed by atoms with E-state index in [4.69, 9.17) is 4.74 Å². The monoisotopic (exact) mass is 184 g/mol. The van der Waals surface area contributed by atoms with Crippen molar-refractivity contribution < 1.29 is 4.74 Å². The number of fused-ring (bicyclic) bond motifs is 1. The Labute approximate surface area is 82.9 Å². The summed E-state index contributed by atoms with van der Waals surface area (Å²) in [7, 11) is 0. The van der Waals surface area contributed by atoms with Gasteiger partial charge in [0.15, 0.2) is 5.88 Å². The van der Waals surface area contributed by atoms with E-state index in [1.54, 1.807) is 0 Å². The lowest BCUT2D eigenvalue weighted by Gasteiger charge is -2.24. The molecule has 1 aromatic carbocycles. The molecule has 2 aliphatic rings. The van der Waals surface area contributed by atoms with Crippen LogP contribution < -0.4 is 10.1 Å². The van der Waals surface area contributed by atoms with Crippen molar-refractivity contribution in [2.45, 2.75) is 6.42 Å². The number of rotatable bonds is 0. The Bertz CT molecular complexity index is 432. The Morgan fingerprint density at radius 2 is 2.43 bits per heavy atom. The van der Waals surface area contributed by atoms with Crippen LogP contribution in [0.3, 0.4) is 0 Å². The molecule has 2 heteroatoms. The van der Waals surface area contributed by atoms with E-state index in [-0.39, 0.29) is 0 Å². The van der Waals surface area contributed by atoms with E-state index in [9.17, 15) is 0 Å². The zero-order chi connectivity index (χ0) is 9.38. The standard InChI is InChI=1S/C12H10NO/c1-2-6-11-9(4-1)8-10-5-3-7-13-12(10)14-11/h1-5,13H,7-8H2. The first-order valence-electron chi connectivity index (χ1n) is 4.74. The maximum atomic E-state index is 5.70. The number of allylic oxidation sites excluding steroid dienone is 2. The lowest BCUT2D eigenvalue weighted by Crippen LogP contribution is -2.26.